The molecule has 3 N–H and O–H groups in total. The van der Waals surface area contributed by atoms with Gasteiger partial charge in [-0.05, 0) is 46.9 Å². The van der Waals surface area contributed by atoms with E-state index in [1.807, 2.05) is 22.9 Å². The van der Waals surface area contributed by atoms with Crippen molar-refractivity contribution in [3.63, 3.8) is 0 Å². The van der Waals surface area contributed by atoms with Gasteiger partial charge in [0.05, 0.1) is 10.9 Å². The number of anilines is 2. The zero-order chi connectivity index (χ0) is 22.3. The number of fused-ring (bicyclic) bond motifs is 1. The van der Waals surface area contributed by atoms with Crippen LogP contribution in [0.5, 0.6) is 0 Å². The molecule has 31 heavy (non-hydrogen) atoms. The smallest absolute Gasteiger partial charge is 0.332 e. The molecule has 0 aliphatic rings. The number of nitrogen functional groups attached to an aromatic ring is 1. The number of nitrogens with two attached hydrogens (primary N) is 1. The van der Waals surface area contributed by atoms with Crippen LogP contribution in [0, 0.1) is 0 Å². The Morgan fingerprint density at radius 2 is 1.77 bits per heavy atom. The Morgan fingerprint density at radius 1 is 1.13 bits per heavy atom. The molecule has 1 amide bonds. The van der Waals surface area contributed by atoms with Crippen molar-refractivity contribution in [1.82, 2.24) is 14.1 Å². The minimum atomic E-state index is -0.517. The van der Waals surface area contributed by atoms with E-state index in [0.29, 0.717) is 22.0 Å². The van der Waals surface area contributed by atoms with Crippen LogP contribution in [0.25, 0.3) is 11.0 Å². The molecule has 10 heteroatoms. The number of amides is 1. The molecule has 0 fully saturated rings. The zero-order valence-corrected chi connectivity index (χ0v) is 18.3. The molecule has 0 aliphatic heterocycles. The van der Waals surface area contributed by atoms with Crippen LogP contribution in [-0.2, 0) is 19.8 Å². The van der Waals surface area contributed by atoms with Gasteiger partial charge in [0, 0.05) is 30.4 Å². The minimum Gasteiger partial charge on any atom is -0.383 e. The van der Waals surface area contributed by atoms with Gasteiger partial charge in [-0.2, -0.15) is 0 Å². The molecule has 0 atom stereocenters. The van der Waals surface area contributed by atoms with E-state index in [-0.39, 0.29) is 32.9 Å². The number of nitrogens with zero attached hydrogens (tertiary/aromatic N) is 3. The number of halogens is 1. The van der Waals surface area contributed by atoms with Gasteiger partial charge in [-0.1, -0.05) is 11.6 Å². The summed E-state index contributed by atoms with van der Waals surface area (Å²) in [5, 5.41) is 7.53. The van der Waals surface area contributed by atoms with Gasteiger partial charge in [-0.3, -0.25) is 18.7 Å². The first-order chi connectivity index (χ1) is 14.8. The molecule has 8 nitrogen and oxygen atoms in total. The SMILES string of the molecule is Cn1c(=O)c2c(C[s+]3cccc3)c(C(=O)Nc3ccc(Cl)cc3)c(N)nc2n(C)c1=O. The summed E-state index contributed by atoms with van der Waals surface area (Å²) in [5.41, 5.74) is 6.43. The van der Waals surface area contributed by atoms with Crippen molar-refractivity contribution < 1.29 is 4.79 Å². The van der Waals surface area contributed by atoms with Crippen LogP contribution in [-0.4, -0.2) is 20.0 Å². The van der Waals surface area contributed by atoms with Crippen molar-refractivity contribution in [2.45, 2.75) is 5.75 Å². The highest BCUT2D eigenvalue weighted by molar-refractivity contribution is 7.27. The fourth-order valence-corrected chi connectivity index (χ4v) is 5.02. The molecule has 4 rings (SSSR count). The number of carbonyl (C=O) groups excluding carboxylic acids is 1. The van der Waals surface area contributed by atoms with Gasteiger partial charge in [-0.15, -0.1) is 0 Å². The number of benzene rings is 1. The molecule has 3 aromatic heterocycles. The molecule has 0 aliphatic carbocycles. The summed E-state index contributed by atoms with van der Waals surface area (Å²) in [6.45, 7) is 0. The first kappa shape index (κ1) is 20.8. The lowest BCUT2D eigenvalue weighted by atomic mass is 10.1. The first-order valence-electron chi connectivity index (χ1n) is 9.26. The largest absolute Gasteiger partial charge is 0.383 e. The fourth-order valence-electron chi connectivity index (χ4n) is 3.40. The van der Waals surface area contributed by atoms with Gasteiger partial charge in [0.15, 0.2) is 11.4 Å². The molecular formula is C21H19ClN5O3S+. The van der Waals surface area contributed by atoms with Gasteiger partial charge in [0.1, 0.15) is 16.6 Å². The lowest BCUT2D eigenvalue weighted by molar-refractivity contribution is 0.102. The van der Waals surface area contributed by atoms with E-state index in [4.69, 9.17) is 17.3 Å². The van der Waals surface area contributed by atoms with Gasteiger partial charge < -0.3 is 11.1 Å². The van der Waals surface area contributed by atoms with Crippen molar-refractivity contribution >= 4 is 50.5 Å². The summed E-state index contributed by atoms with van der Waals surface area (Å²) >= 11 is 5.92. The number of carbonyl (C=O) groups is 1. The highest BCUT2D eigenvalue weighted by Crippen LogP contribution is 2.31. The molecule has 3 heterocycles. The second kappa shape index (κ2) is 8.01. The van der Waals surface area contributed by atoms with Crippen LogP contribution in [0.4, 0.5) is 11.5 Å². The highest BCUT2D eigenvalue weighted by Gasteiger charge is 2.26. The second-order valence-corrected chi connectivity index (χ2v) is 9.20. The summed E-state index contributed by atoms with van der Waals surface area (Å²) in [7, 11) is 2.59. The van der Waals surface area contributed by atoms with E-state index in [2.05, 4.69) is 10.3 Å². The van der Waals surface area contributed by atoms with Crippen LogP contribution in [0.15, 0.2) is 56.7 Å². The van der Waals surface area contributed by atoms with Crippen molar-refractivity contribution in [1.29, 1.82) is 0 Å². The second-order valence-electron chi connectivity index (χ2n) is 6.99. The Labute approximate surface area is 184 Å². The Hall–Kier alpha value is -3.43. The van der Waals surface area contributed by atoms with Gasteiger partial charge >= 0.3 is 5.69 Å². The first-order valence-corrected chi connectivity index (χ1v) is 11.2. The summed E-state index contributed by atoms with van der Waals surface area (Å²) in [6.07, 6.45) is 0. The number of hydrogen-bond donors (Lipinski definition) is 2. The molecule has 0 saturated carbocycles. The minimum absolute atomic E-state index is 0.0482. The molecule has 0 radical (unpaired) electrons. The van der Waals surface area contributed by atoms with Crippen LogP contribution < -0.4 is 22.3 Å². The predicted molar refractivity (Wildman–Crippen MR) is 124 cm³/mol. The number of rotatable bonds is 4. The third-order valence-electron chi connectivity index (χ3n) is 4.98. The van der Waals surface area contributed by atoms with Crippen molar-refractivity contribution in [3.05, 3.63) is 84.1 Å². The Balaban J connectivity index is 1.98. The van der Waals surface area contributed by atoms with E-state index < -0.39 is 17.2 Å². The molecule has 0 saturated heterocycles. The normalized spacial score (nSPS) is 11.1. The van der Waals surface area contributed by atoms with Crippen molar-refractivity contribution in [2.75, 3.05) is 11.1 Å². The Bertz CT molecular complexity index is 1420. The van der Waals surface area contributed by atoms with Gasteiger partial charge in [-0.25, -0.2) is 9.78 Å². The number of nitrogens with one attached hydrogen (secondary N) is 1. The maximum Gasteiger partial charge on any atom is 0.332 e. The van der Waals surface area contributed by atoms with Gasteiger partial charge in [0.2, 0.25) is 0 Å². The zero-order valence-electron chi connectivity index (χ0n) is 16.8. The maximum absolute atomic E-state index is 13.2. The molecule has 1 aromatic carbocycles. The van der Waals surface area contributed by atoms with E-state index in [1.54, 1.807) is 24.3 Å². The van der Waals surface area contributed by atoms with E-state index >= 15 is 0 Å². The number of pyridine rings is 1. The van der Waals surface area contributed by atoms with Crippen LogP contribution in [0.1, 0.15) is 15.9 Å². The monoisotopic (exact) mass is 456 g/mol. The lowest BCUT2D eigenvalue weighted by Crippen LogP contribution is -2.38. The molecule has 158 valence electrons. The molecular weight excluding hydrogens is 438 g/mol. The lowest BCUT2D eigenvalue weighted by Gasteiger charge is -2.15. The summed E-state index contributed by atoms with van der Waals surface area (Å²) in [4.78, 5) is 43.0. The van der Waals surface area contributed by atoms with Gasteiger partial charge in [0.25, 0.3) is 11.5 Å². The summed E-state index contributed by atoms with van der Waals surface area (Å²) in [5.74, 6) is -0.156. The molecule has 0 bridgehead atoms. The van der Waals surface area contributed by atoms with Crippen LogP contribution in [0.3, 0.4) is 0 Å². The van der Waals surface area contributed by atoms with E-state index in [9.17, 15) is 14.4 Å². The predicted octanol–water partition coefficient (Wildman–Crippen LogP) is 2.92. The number of hydrogen-bond acceptors (Lipinski definition) is 5. The van der Waals surface area contributed by atoms with Crippen molar-refractivity contribution in [3.8, 4) is 0 Å². The Morgan fingerprint density at radius 3 is 2.42 bits per heavy atom. The Kier molecular flexibility index (Phi) is 5.38. The van der Waals surface area contributed by atoms with E-state index in [1.165, 1.54) is 18.7 Å². The van der Waals surface area contributed by atoms with Crippen LogP contribution in [0.2, 0.25) is 5.02 Å². The molecule has 4 aromatic rings. The van der Waals surface area contributed by atoms with Crippen molar-refractivity contribution in [2.24, 2.45) is 14.1 Å². The maximum atomic E-state index is 13.2. The number of aryl methyl sites for hydroxylation is 1. The van der Waals surface area contributed by atoms with Crippen LogP contribution >= 0.6 is 22.1 Å². The molecule has 0 unspecified atom stereocenters. The quantitative estimate of drug-likeness (QED) is 0.458. The highest BCUT2D eigenvalue weighted by atomic mass is 35.5. The van der Waals surface area contributed by atoms with E-state index in [0.717, 1.165) is 4.57 Å². The average Bonchev–Trinajstić information content (AvgIpc) is 3.25. The number of aromatic nitrogens is 3. The topological polar surface area (TPSA) is 112 Å². The number of thiophene rings is 1. The molecule has 0 spiro atoms. The third-order valence-corrected chi connectivity index (χ3v) is 6.87. The fraction of sp³-hybridized carbons (Fsp3) is 0.143. The summed E-state index contributed by atoms with van der Waals surface area (Å²) < 4.78 is 2.27. The summed E-state index contributed by atoms with van der Waals surface area (Å²) in [6, 6.07) is 10.5. The standard InChI is InChI=1S/C21H18ClN5O3S/c1-26-18-16(20(29)27(2)21(26)30)14(11-31-9-3-4-10-31)15(17(23)25-18)19(28)24-13-7-5-12(22)6-8-13/h3-10H,11H2,1-2H3,(H2-,23,24,25,28,29)/p+1. The average molecular weight is 457 g/mol. The third kappa shape index (κ3) is 3.73.